The van der Waals surface area contributed by atoms with Crippen LogP contribution in [0.4, 0.5) is 0 Å². The third-order valence-corrected chi connectivity index (χ3v) is 2.86. The van der Waals surface area contributed by atoms with Crippen molar-refractivity contribution in [2.75, 3.05) is 0 Å². The third-order valence-electron chi connectivity index (χ3n) is 2.06. The Balaban J connectivity index is 2.35. The molecule has 0 radical (unpaired) electrons. The molecule has 0 unspecified atom stereocenters. The molecule has 1 N–H and O–H groups in total. The molecule has 2 rings (SSSR count). The van der Waals surface area contributed by atoms with Crippen LogP contribution in [0.25, 0.3) is 0 Å². The Morgan fingerprint density at radius 2 is 2.12 bits per heavy atom. The first kappa shape index (κ1) is 11.2. The second-order valence-electron chi connectivity index (χ2n) is 3.20. The van der Waals surface area contributed by atoms with Crippen molar-refractivity contribution in [2.45, 2.75) is 6.92 Å². The van der Waals surface area contributed by atoms with E-state index in [9.17, 15) is 0 Å². The Bertz CT molecular complexity index is 567. The molecular weight excluding hydrogens is 288 g/mol. The van der Waals surface area contributed by atoms with Crippen LogP contribution in [-0.2, 0) is 0 Å². The maximum atomic E-state index is 5.00. The number of nitrogens with zero attached hydrogens (tertiary/aromatic N) is 3. The number of H-pyrrole nitrogens is 1. The fraction of sp³-hybridized carbons (Fsp3) is 0.100. The maximum Gasteiger partial charge on any atom is 0.216 e. The van der Waals surface area contributed by atoms with Gasteiger partial charge in [-0.1, -0.05) is 28.1 Å². The van der Waals surface area contributed by atoms with Crippen molar-refractivity contribution in [3.8, 4) is 0 Å². The van der Waals surface area contributed by atoms with E-state index in [-0.39, 0.29) is 0 Å². The molecule has 0 saturated carbocycles. The summed E-state index contributed by atoms with van der Waals surface area (Å²) in [6.07, 6.45) is 1.55. The van der Waals surface area contributed by atoms with Gasteiger partial charge >= 0.3 is 0 Å². The third kappa shape index (κ3) is 2.45. The highest BCUT2D eigenvalue weighted by Crippen LogP contribution is 2.11. The minimum absolute atomic E-state index is 0.483. The summed E-state index contributed by atoms with van der Waals surface area (Å²) >= 11 is 8.39. The summed E-state index contributed by atoms with van der Waals surface area (Å²) in [5.74, 6) is 0. The Labute approximate surface area is 106 Å². The van der Waals surface area contributed by atoms with Crippen LogP contribution in [-0.4, -0.2) is 20.6 Å². The molecule has 1 aromatic heterocycles. The van der Waals surface area contributed by atoms with Crippen LogP contribution in [0.2, 0.25) is 0 Å². The monoisotopic (exact) mass is 296 g/mol. The molecule has 0 saturated heterocycles. The van der Waals surface area contributed by atoms with Gasteiger partial charge < -0.3 is 0 Å². The zero-order valence-electron chi connectivity index (χ0n) is 8.51. The second kappa shape index (κ2) is 4.71. The summed E-state index contributed by atoms with van der Waals surface area (Å²) in [6, 6.07) is 7.94. The lowest BCUT2D eigenvalue weighted by Gasteiger charge is -2.00. The molecule has 0 fully saturated rings. The molecule has 2 aromatic rings. The van der Waals surface area contributed by atoms with Crippen LogP contribution in [0.3, 0.4) is 0 Å². The SMILES string of the molecule is C/C(=N/n1cn[nH]c1=S)c1ccc(Br)cc1. The van der Waals surface area contributed by atoms with Crippen LogP contribution < -0.4 is 0 Å². The zero-order valence-corrected chi connectivity index (χ0v) is 10.9. The number of aromatic nitrogens is 3. The maximum absolute atomic E-state index is 5.00. The van der Waals surface area contributed by atoms with Crippen molar-refractivity contribution >= 4 is 33.9 Å². The lowest BCUT2D eigenvalue weighted by Crippen LogP contribution is -1.98. The van der Waals surface area contributed by atoms with E-state index in [0.717, 1.165) is 15.7 Å². The molecule has 1 aromatic carbocycles. The summed E-state index contributed by atoms with van der Waals surface area (Å²) in [4.78, 5) is 0. The molecule has 0 aliphatic rings. The van der Waals surface area contributed by atoms with E-state index in [1.54, 1.807) is 6.33 Å². The molecule has 4 nitrogen and oxygen atoms in total. The fourth-order valence-corrected chi connectivity index (χ4v) is 1.63. The minimum Gasteiger partial charge on any atom is -0.250 e. The van der Waals surface area contributed by atoms with Crippen molar-refractivity contribution in [3.63, 3.8) is 0 Å². The van der Waals surface area contributed by atoms with E-state index >= 15 is 0 Å². The van der Waals surface area contributed by atoms with Gasteiger partial charge in [-0.05, 0) is 36.8 Å². The standard InChI is InChI=1S/C10H9BrN4S/c1-7(8-2-4-9(11)5-3-8)14-15-6-12-13-10(15)16/h2-6H,1H3,(H,13,16)/b14-7-. The second-order valence-corrected chi connectivity index (χ2v) is 4.50. The van der Waals surface area contributed by atoms with E-state index in [0.29, 0.717) is 4.77 Å². The largest absolute Gasteiger partial charge is 0.250 e. The van der Waals surface area contributed by atoms with Crippen LogP contribution in [0, 0.1) is 4.77 Å². The van der Waals surface area contributed by atoms with Crippen molar-refractivity contribution in [3.05, 3.63) is 45.4 Å². The van der Waals surface area contributed by atoms with Gasteiger partial charge in [-0.2, -0.15) is 14.9 Å². The smallest absolute Gasteiger partial charge is 0.216 e. The molecule has 6 heteroatoms. The molecule has 0 spiro atoms. The van der Waals surface area contributed by atoms with Gasteiger partial charge in [0.2, 0.25) is 4.77 Å². The summed E-state index contributed by atoms with van der Waals surface area (Å²) in [5, 5.41) is 10.8. The summed E-state index contributed by atoms with van der Waals surface area (Å²) in [7, 11) is 0. The average Bonchev–Trinajstić information content (AvgIpc) is 2.65. The lowest BCUT2D eigenvalue weighted by atomic mass is 10.1. The van der Waals surface area contributed by atoms with Crippen LogP contribution in [0.15, 0.2) is 40.2 Å². The van der Waals surface area contributed by atoms with Gasteiger partial charge in [-0.25, -0.2) is 0 Å². The number of aromatic amines is 1. The van der Waals surface area contributed by atoms with Crippen LogP contribution in [0.5, 0.6) is 0 Å². The number of hydrogen-bond donors (Lipinski definition) is 1. The van der Waals surface area contributed by atoms with E-state index in [1.807, 2.05) is 31.2 Å². The molecule has 16 heavy (non-hydrogen) atoms. The lowest BCUT2D eigenvalue weighted by molar-refractivity contribution is 0.855. The number of nitrogens with one attached hydrogen (secondary N) is 1. The first-order valence-electron chi connectivity index (χ1n) is 4.60. The highest BCUT2D eigenvalue weighted by atomic mass is 79.9. The number of rotatable bonds is 2. The van der Waals surface area contributed by atoms with Gasteiger partial charge in [0, 0.05) is 4.47 Å². The van der Waals surface area contributed by atoms with Gasteiger partial charge in [0.1, 0.15) is 6.33 Å². The predicted molar refractivity (Wildman–Crippen MR) is 69.2 cm³/mol. The quantitative estimate of drug-likeness (QED) is 0.684. The first-order valence-corrected chi connectivity index (χ1v) is 5.80. The highest BCUT2D eigenvalue weighted by molar-refractivity contribution is 9.10. The molecular formula is C10H9BrN4S. The van der Waals surface area contributed by atoms with Crippen LogP contribution >= 0.6 is 28.1 Å². The van der Waals surface area contributed by atoms with Crippen molar-refractivity contribution < 1.29 is 0 Å². The van der Waals surface area contributed by atoms with Gasteiger partial charge in [0.15, 0.2) is 0 Å². The van der Waals surface area contributed by atoms with Gasteiger partial charge in [-0.15, -0.1) is 0 Å². The van der Waals surface area contributed by atoms with E-state index in [4.69, 9.17) is 12.2 Å². The summed E-state index contributed by atoms with van der Waals surface area (Å²) < 4.78 is 3.06. The molecule has 1 heterocycles. The van der Waals surface area contributed by atoms with E-state index in [2.05, 4.69) is 31.2 Å². The topological polar surface area (TPSA) is 46.0 Å². The molecule has 0 amide bonds. The van der Waals surface area contributed by atoms with Crippen molar-refractivity contribution in [2.24, 2.45) is 5.10 Å². The van der Waals surface area contributed by atoms with Crippen molar-refractivity contribution in [1.82, 2.24) is 14.9 Å². The molecule has 0 atom stereocenters. The molecule has 0 aliphatic carbocycles. The minimum atomic E-state index is 0.483. The normalized spacial score (nSPS) is 11.8. The fourth-order valence-electron chi connectivity index (χ4n) is 1.22. The predicted octanol–water partition coefficient (Wildman–Crippen LogP) is 2.98. The van der Waals surface area contributed by atoms with Crippen molar-refractivity contribution in [1.29, 1.82) is 0 Å². The Hall–Kier alpha value is -1.27. The summed E-state index contributed by atoms with van der Waals surface area (Å²) in [6.45, 7) is 1.93. The number of hydrogen-bond acceptors (Lipinski definition) is 3. The average molecular weight is 297 g/mol. The summed E-state index contributed by atoms with van der Waals surface area (Å²) in [5.41, 5.74) is 1.93. The zero-order chi connectivity index (χ0) is 11.5. The number of benzene rings is 1. The Morgan fingerprint density at radius 1 is 1.44 bits per heavy atom. The first-order chi connectivity index (χ1) is 7.66. The molecule has 82 valence electrons. The van der Waals surface area contributed by atoms with Gasteiger partial charge in [0.05, 0.1) is 5.71 Å². The Morgan fingerprint density at radius 3 is 2.69 bits per heavy atom. The number of halogens is 1. The van der Waals surface area contributed by atoms with Gasteiger partial charge in [-0.3, -0.25) is 5.10 Å². The van der Waals surface area contributed by atoms with Crippen LogP contribution in [0.1, 0.15) is 12.5 Å². The molecule has 0 aliphatic heterocycles. The van der Waals surface area contributed by atoms with Gasteiger partial charge in [0.25, 0.3) is 0 Å². The van der Waals surface area contributed by atoms with E-state index < -0.39 is 0 Å². The molecule has 0 bridgehead atoms. The Kier molecular flexibility index (Phi) is 3.31. The highest BCUT2D eigenvalue weighted by Gasteiger charge is 1.98. The van der Waals surface area contributed by atoms with E-state index in [1.165, 1.54) is 4.68 Å².